The number of aromatic amines is 1. The van der Waals surface area contributed by atoms with E-state index in [1.54, 1.807) is 67.2 Å². The lowest BCUT2D eigenvalue weighted by atomic mass is 9.68. The minimum Gasteiger partial charge on any atom is -0.483 e. The van der Waals surface area contributed by atoms with Crippen LogP contribution in [0.5, 0.6) is 5.75 Å². The summed E-state index contributed by atoms with van der Waals surface area (Å²) < 4.78 is 11.2. The molecule has 3 amide bonds. The van der Waals surface area contributed by atoms with Gasteiger partial charge in [0.2, 0.25) is 11.8 Å². The van der Waals surface area contributed by atoms with E-state index in [0.29, 0.717) is 34.1 Å². The lowest BCUT2D eigenvalue weighted by molar-refractivity contribution is -0.123. The number of halogens is 1. The van der Waals surface area contributed by atoms with Gasteiger partial charge in [0.05, 0.1) is 34.7 Å². The largest absolute Gasteiger partial charge is 0.483 e. The molecule has 3 aromatic carbocycles. The van der Waals surface area contributed by atoms with Crippen molar-refractivity contribution in [2.24, 2.45) is 29.6 Å². The number of benzene rings is 3. The van der Waals surface area contributed by atoms with E-state index in [9.17, 15) is 24.0 Å². The van der Waals surface area contributed by atoms with Crippen molar-refractivity contribution in [3.63, 3.8) is 0 Å². The summed E-state index contributed by atoms with van der Waals surface area (Å²) in [5.74, 6) is -2.52. The zero-order valence-corrected chi connectivity index (χ0v) is 28.5. The lowest BCUT2D eigenvalue weighted by Gasteiger charge is -2.43. The van der Waals surface area contributed by atoms with Gasteiger partial charge in [-0.05, 0) is 85.7 Å². The quantitative estimate of drug-likeness (QED) is 0.169. The maximum absolute atomic E-state index is 14.2. The number of rotatable bonds is 8. The highest BCUT2D eigenvalue weighted by molar-refractivity contribution is 8.00. The Bertz CT molecular complexity index is 2050. The van der Waals surface area contributed by atoms with Gasteiger partial charge in [-0.1, -0.05) is 41.1 Å². The van der Waals surface area contributed by atoms with Crippen molar-refractivity contribution in [1.29, 1.82) is 0 Å². The molecule has 4 aromatic rings. The average molecular weight is 716 g/mol. The summed E-state index contributed by atoms with van der Waals surface area (Å²) in [4.78, 5) is 71.0. The Hall–Kier alpha value is -4.39. The number of carbonyl (C=O) groups is 4. The Kier molecular flexibility index (Phi) is 8.12. The Labute approximate surface area is 294 Å². The van der Waals surface area contributed by atoms with Gasteiger partial charge >= 0.3 is 10.8 Å². The molecule has 1 saturated heterocycles. The minimum absolute atomic E-state index is 0.0508. The second-order valence-corrected chi connectivity index (χ2v) is 15.3. The third-order valence-electron chi connectivity index (χ3n) is 10.1. The van der Waals surface area contributed by atoms with Crippen molar-refractivity contribution in [2.75, 3.05) is 23.4 Å². The van der Waals surface area contributed by atoms with Crippen LogP contribution in [0, 0.1) is 29.6 Å². The van der Waals surface area contributed by atoms with Crippen LogP contribution in [-0.2, 0) is 19.1 Å². The molecular weight excluding hydrogens is 686 g/mol. The average Bonchev–Trinajstić information content (AvgIpc) is 3.83. The first kappa shape index (κ1) is 31.9. The van der Waals surface area contributed by atoms with Gasteiger partial charge in [-0.15, -0.1) is 11.8 Å². The molecule has 3 heterocycles. The van der Waals surface area contributed by atoms with Crippen LogP contribution in [0.25, 0.3) is 0 Å². The molecule has 2 saturated carbocycles. The fraction of sp³-hybridized carbons (Fsp3) is 0.306. The number of nitrogens with one attached hydrogen (secondary N) is 2. The van der Waals surface area contributed by atoms with Gasteiger partial charge in [0.25, 0.3) is 5.91 Å². The van der Waals surface area contributed by atoms with Gasteiger partial charge in [0, 0.05) is 32.3 Å². The van der Waals surface area contributed by atoms with Crippen molar-refractivity contribution < 1.29 is 28.7 Å². The number of ether oxygens (including phenoxy) is 2. The summed E-state index contributed by atoms with van der Waals surface area (Å²) in [6.45, 7) is 1.72. The normalized spacial score (nSPS) is 26.2. The molecule has 8 rings (SSSR count). The fourth-order valence-corrected chi connectivity index (χ4v) is 11.4. The highest BCUT2D eigenvalue weighted by Gasteiger charge is 2.70. The van der Waals surface area contributed by atoms with Crippen LogP contribution in [0.15, 0.2) is 82.6 Å². The number of aromatic nitrogens is 1. The van der Waals surface area contributed by atoms with E-state index in [0.717, 1.165) is 26.8 Å². The van der Waals surface area contributed by atoms with Crippen LogP contribution in [0.1, 0.15) is 40.1 Å². The summed E-state index contributed by atoms with van der Waals surface area (Å²) in [5.41, 5.74) is 2.15. The smallest absolute Gasteiger partial charge is 0.338 e. The first-order valence-electron chi connectivity index (χ1n) is 16.0. The molecule has 2 bridgehead atoms. The molecule has 10 nitrogen and oxygen atoms in total. The second kappa shape index (κ2) is 12.5. The molecule has 1 aromatic heterocycles. The van der Waals surface area contributed by atoms with Gasteiger partial charge < -0.3 is 19.8 Å². The third kappa shape index (κ3) is 5.37. The van der Waals surface area contributed by atoms with E-state index in [1.165, 1.54) is 4.90 Å². The Balaban J connectivity index is 1.12. The maximum atomic E-state index is 14.2. The fourth-order valence-electron chi connectivity index (χ4n) is 8.34. The van der Waals surface area contributed by atoms with E-state index >= 15 is 0 Å². The summed E-state index contributed by atoms with van der Waals surface area (Å²) >= 11 is 9.30. The molecule has 4 aliphatic rings. The van der Waals surface area contributed by atoms with E-state index in [1.807, 2.05) is 24.3 Å². The number of thiazole rings is 1. The summed E-state index contributed by atoms with van der Waals surface area (Å²) in [6.07, 6.45) is 0.705. The van der Waals surface area contributed by atoms with E-state index in [2.05, 4.69) is 10.3 Å². The minimum atomic E-state index is -0.524. The molecule has 3 fully saturated rings. The van der Waals surface area contributed by atoms with Crippen LogP contribution >= 0.6 is 34.7 Å². The number of imide groups is 1. The standard InChI is InChI=1S/C36H30ClN3O7S2/c1-2-46-35(44)17-8-11-20(12-9-17)40-33(42)28-22-15-23(29(28)34(40)43)30-27(22)26(31-32(48-30)39-36(45)49-31)21-14-18(37)10-13-24(21)47-16-25(41)38-19-6-4-3-5-7-19/h3-14,22-23,26-30H,2,15-16H2,1H3,(H,38,41)(H,39,45)/t22-,23-,26+,27-,28+,29+,30-/m1/s1. The van der Waals surface area contributed by atoms with Crippen LogP contribution < -0.4 is 19.8 Å². The molecule has 2 aliphatic carbocycles. The van der Waals surface area contributed by atoms with Crippen molar-refractivity contribution in [2.45, 2.75) is 29.5 Å². The predicted molar refractivity (Wildman–Crippen MR) is 185 cm³/mol. The Morgan fingerprint density at radius 3 is 2.45 bits per heavy atom. The summed E-state index contributed by atoms with van der Waals surface area (Å²) in [5, 5.41) is 4.01. The number of carbonyl (C=O) groups excluding carboxylic acids is 4. The number of amides is 3. The number of anilines is 2. The molecule has 2 N–H and O–H groups in total. The number of para-hydroxylation sites is 1. The van der Waals surface area contributed by atoms with Gasteiger partial charge in [0.1, 0.15) is 5.75 Å². The first-order chi connectivity index (χ1) is 23.7. The monoisotopic (exact) mass is 715 g/mol. The summed E-state index contributed by atoms with van der Waals surface area (Å²) in [7, 11) is 0. The van der Waals surface area contributed by atoms with E-state index in [4.69, 9.17) is 21.1 Å². The predicted octanol–water partition coefficient (Wildman–Crippen LogP) is 5.96. The molecule has 250 valence electrons. The van der Waals surface area contributed by atoms with Crippen LogP contribution in [-0.4, -0.2) is 47.1 Å². The number of esters is 1. The molecule has 0 unspecified atom stereocenters. The van der Waals surface area contributed by atoms with Crippen LogP contribution in [0.2, 0.25) is 5.02 Å². The number of hydrogen-bond donors (Lipinski definition) is 2. The van der Waals surface area contributed by atoms with Crippen molar-refractivity contribution in [3.05, 3.63) is 103 Å². The topological polar surface area (TPSA) is 135 Å². The number of fused-ring (bicyclic) bond motifs is 9. The van der Waals surface area contributed by atoms with Gasteiger partial charge in [0.15, 0.2) is 6.61 Å². The molecule has 13 heteroatoms. The maximum Gasteiger partial charge on any atom is 0.338 e. The molecule has 2 aliphatic heterocycles. The number of thioether (sulfide) groups is 1. The van der Waals surface area contributed by atoms with Crippen molar-refractivity contribution in [3.8, 4) is 5.75 Å². The summed E-state index contributed by atoms with van der Waals surface area (Å²) in [6, 6.07) is 20.7. The molecular formula is C36H30ClN3O7S2. The van der Waals surface area contributed by atoms with E-state index in [-0.39, 0.29) is 64.7 Å². The number of hydrogen-bond acceptors (Lipinski definition) is 9. The molecule has 0 spiro atoms. The first-order valence-corrected chi connectivity index (χ1v) is 18.1. The van der Waals surface area contributed by atoms with Gasteiger partial charge in [-0.2, -0.15) is 0 Å². The highest BCUT2D eigenvalue weighted by atomic mass is 35.5. The number of nitrogens with zero attached hydrogens (tertiary/aromatic N) is 1. The van der Waals surface area contributed by atoms with Crippen LogP contribution in [0.3, 0.4) is 0 Å². The highest BCUT2D eigenvalue weighted by Crippen LogP contribution is 2.69. The molecule has 0 radical (unpaired) electrons. The zero-order chi connectivity index (χ0) is 34.0. The van der Waals surface area contributed by atoms with E-state index < -0.39 is 17.8 Å². The molecule has 7 atom stereocenters. The lowest BCUT2D eigenvalue weighted by Crippen LogP contribution is -2.42. The van der Waals surface area contributed by atoms with Gasteiger partial charge in [-0.25, -0.2) is 4.79 Å². The van der Waals surface area contributed by atoms with Crippen molar-refractivity contribution in [1.82, 2.24) is 4.98 Å². The zero-order valence-electron chi connectivity index (χ0n) is 26.1. The number of H-pyrrole nitrogens is 1. The van der Waals surface area contributed by atoms with Gasteiger partial charge in [-0.3, -0.25) is 24.1 Å². The van der Waals surface area contributed by atoms with Crippen molar-refractivity contribution >= 4 is 69.8 Å². The Morgan fingerprint density at radius 1 is 0.980 bits per heavy atom. The Morgan fingerprint density at radius 2 is 1.71 bits per heavy atom. The second-order valence-electron chi connectivity index (χ2n) is 12.6. The van der Waals surface area contributed by atoms with Crippen LogP contribution in [0.4, 0.5) is 11.4 Å². The molecule has 49 heavy (non-hydrogen) atoms. The third-order valence-corrected chi connectivity index (χ3v) is 12.9. The SMILES string of the molecule is CCOC(=O)c1ccc(N2C(=O)[C@H]3[C@H]4C[C@@H]([C@@H]3C2=O)[C@@H]2[C@H](c3cc(Cl)ccc3OCC(=O)Nc3ccccc3)c3sc(=O)[nH]c3S[C@H]42)cc1.